The van der Waals surface area contributed by atoms with Crippen molar-refractivity contribution >= 4 is 27.3 Å². The number of thiophene rings is 1. The third-order valence-electron chi connectivity index (χ3n) is 3.86. The number of nitrogens with two attached hydrogens (primary N) is 1. The molecule has 1 saturated heterocycles. The molecule has 3 nitrogen and oxygen atoms in total. The van der Waals surface area contributed by atoms with Crippen LogP contribution in [0.1, 0.15) is 29.6 Å². The molecule has 0 bridgehead atoms. The third-order valence-corrected chi connectivity index (χ3v) is 4.76. The van der Waals surface area contributed by atoms with E-state index in [4.69, 9.17) is 5.73 Å². The van der Waals surface area contributed by atoms with E-state index in [1.54, 1.807) is 11.3 Å². The normalized spacial score (nSPS) is 19.8. The van der Waals surface area contributed by atoms with Crippen molar-refractivity contribution in [1.82, 2.24) is 4.90 Å². The smallest absolute Gasteiger partial charge is 0.254 e. The molecule has 0 spiro atoms. The number of hydrogen-bond donors (Lipinski definition) is 1. The summed E-state index contributed by atoms with van der Waals surface area (Å²) in [4.78, 5) is 14.6. The molecule has 2 heterocycles. The minimum atomic E-state index is 0.128. The molecule has 100 valence electrons. The molecule has 4 heteroatoms. The van der Waals surface area contributed by atoms with Crippen LogP contribution >= 0.6 is 11.3 Å². The van der Waals surface area contributed by atoms with E-state index < -0.39 is 0 Å². The number of benzene rings is 1. The van der Waals surface area contributed by atoms with Crippen LogP contribution in [-0.4, -0.2) is 29.9 Å². The number of hydrogen-bond acceptors (Lipinski definition) is 3. The van der Waals surface area contributed by atoms with Crippen molar-refractivity contribution in [1.29, 1.82) is 0 Å². The monoisotopic (exact) mass is 274 g/mol. The van der Waals surface area contributed by atoms with Gasteiger partial charge in [-0.3, -0.25) is 4.79 Å². The van der Waals surface area contributed by atoms with Gasteiger partial charge in [-0.05, 0) is 54.3 Å². The molecule has 1 aromatic carbocycles. The number of fused-ring (bicyclic) bond motifs is 1. The van der Waals surface area contributed by atoms with E-state index in [1.807, 2.05) is 23.1 Å². The van der Waals surface area contributed by atoms with Crippen LogP contribution in [0, 0.1) is 0 Å². The zero-order valence-corrected chi connectivity index (χ0v) is 11.7. The predicted octanol–water partition coefficient (Wildman–Crippen LogP) is 2.85. The predicted molar refractivity (Wildman–Crippen MR) is 79.6 cm³/mol. The summed E-state index contributed by atoms with van der Waals surface area (Å²) in [6.45, 7) is 1.40. The highest BCUT2D eigenvalue weighted by Crippen LogP contribution is 2.24. The molecule has 0 saturated carbocycles. The Morgan fingerprint density at radius 2 is 2.26 bits per heavy atom. The van der Waals surface area contributed by atoms with Gasteiger partial charge in [-0.2, -0.15) is 0 Å². The van der Waals surface area contributed by atoms with E-state index in [1.165, 1.54) is 11.1 Å². The number of likely N-dealkylation sites (tertiary alicyclic amines) is 1. The molecule has 1 aromatic heterocycles. The summed E-state index contributed by atoms with van der Waals surface area (Å²) >= 11 is 1.70. The van der Waals surface area contributed by atoms with Gasteiger partial charge in [0.25, 0.3) is 5.91 Å². The van der Waals surface area contributed by atoms with Crippen molar-refractivity contribution < 1.29 is 4.79 Å². The zero-order chi connectivity index (χ0) is 13.2. The molecule has 1 amide bonds. The second-order valence-corrected chi connectivity index (χ2v) is 6.00. The Morgan fingerprint density at radius 1 is 1.37 bits per heavy atom. The van der Waals surface area contributed by atoms with Gasteiger partial charge in [0.15, 0.2) is 0 Å². The Bertz CT molecular complexity index is 593. The second kappa shape index (κ2) is 5.31. The van der Waals surface area contributed by atoms with E-state index in [2.05, 4.69) is 11.4 Å². The first-order valence-electron chi connectivity index (χ1n) is 6.78. The first-order valence-corrected chi connectivity index (χ1v) is 7.66. The maximum atomic E-state index is 12.6. The number of carbonyl (C=O) groups is 1. The summed E-state index contributed by atoms with van der Waals surface area (Å²) in [5.74, 6) is 0.128. The van der Waals surface area contributed by atoms with Crippen molar-refractivity contribution in [2.75, 3.05) is 13.1 Å². The van der Waals surface area contributed by atoms with Crippen LogP contribution in [0.2, 0.25) is 0 Å². The first kappa shape index (κ1) is 12.6. The van der Waals surface area contributed by atoms with Crippen LogP contribution in [-0.2, 0) is 0 Å². The average Bonchev–Trinajstić information content (AvgIpc) is 2.93. The quantitative estimate of drug-likeness (QED) is 0.915. The van der Waals surface area contributed by atoms with Crippen LogP contribution in [0.25, 0.3) is 10.1 Å². The lowest BCUT2D eigenvalue weighted by Crippen LogP contribution is -2.47. The molecule has 0 aliphatic carbocycles. The van der Waals surface area contributed by atoms with Gasteiger partial charge in [-0.1, -0.05) is 0 Å². The third kappa shape index (κ3) is 2.38. The SMILES string of the molecule is NCC1CCCCN1C(=O)c1ccc2sccc2c1. The lowest BCUT2D eigenvalue weighted by atomic mass is 10.0. The largest absolute Gasteiger partial charge is 0.334 e. The highest BCUT2D eigenvalue weighted by molar-refractivity contribution is 7.17. The molecule has 1 aliphatic heterocycles. The second-order valence-electron chi connectivity index (χ2n) is 5.06. The van der Waals surface area contributed by atoms with Crippen molar-refractivity contribution in [2.45, 2.75) is 25.3 Å². The van der Waals surface area contributed by atoms with Gasteiger partial charge in [-0.15, -0.1) is 11.3 Å². The molecule has 1 atom stereocenters. The average molecular weight is 274 g/mol. The maximum absolute atomic E-state index is 12.6. The summed E-state index contributed by atoms with van der Waals surface area (Å²) in [5, 5.41) is 3.21. The van der Waals surface area contributed by atoms with Crippen LogP contribution < -0.4 is 5.73 Å². The number of rotatable bonds is 2. The topological polar surface area (TPSA) is 46.3 Å². The number of piperidine rings is 1. The standard InChI is InChI=1S/C15H18N2OS/c16-10-13-3-1-2-7-17(13)15(18)12-4-5-14-11(9-12)6-8-19-14/h4-6,8-9,13H,1-3,7,10,16H2. The van der Waals surface area contributed by atoms with E-state index in [0.717, 1.165) is 30.3 Å². The molecule has 2 aromatic rings. The van der Waals surface area contributed by atoms with Gasteiger partial charge in [-0.25, -0.2) is 0 Å². The summed E-state index contributed by atoms with van der Waals surface area (Å²) < 4.78 is 1.23. The summed E-state index contributed by atoms with van der Waals surface area (Å²) in [6, 6.07) is 8.24. The van der Waals surface area contributed by atoms with Crippen molar-refractivity contribution in [3.63, 3.8) is 0 Å². The lowest BCUT2D eigenvalue weighted by molar-refractivity contribution is 0.0623. The van der Waals surface area contributed by atoms with Crippen LogP contribution in [0.4, 0.5) is 0 Å². The van der Waals surface area contributed by atoms with Gasteiger partial charge in [0.05, 0.1) is 0 Å². The van der Waals surface area contributed by atoms with Crippen molar-refractivity contribution in [3.8, 4) is 0 Å². The fraction of sp³-hybridized carbons (Fsp3) is 0.400. The minimum absolute atomic E-state index is 0.128. The number of nitrogens with zero attached hydrogens (tertiary/aromatic N) is 1. The van der Waals surface area contributed by atoms with E-state index in [0.29, 0.717) is 6.54 Å². The van der Waals surface area contributed by atoms with Crippen molar-refractivity contribution in [3.05, 3.63) is 35.2 Å². The first-order chi connectivity index (χ1) is 9.29. The van der Waals surface area contributed by atoms with E-state index in [-0.39, 0.29) is 11.9 Å². The molecule has 1 unspecified atom stereocenters. The molecule has 0 radical (unpaired) electrons. The molecule has 2 N–H and O–H groups in total. The molecule has 1 aliphatic rings. The Morgan fingerprint density at radius 3 is 3.11 bits per heavy atom. The van der Waals surface area contributed by atoms with E-state index in [9.17, 15) is 4.79 Å². The van der Waals surface area contributed by atoms with Crippen LogP contribution in [0.3, 0.4) is 0 Å². The highest BCUT2D eigenvalue weighted by Gasteiger charge is 2.26. The van der Waals surface area contributed by atoms with Gasteiger partial charge in [0.2, 0.25) is 0 Å². The maximum Gasteiger partial charge on any atom is 0.254 e. The number of carbonyl (C=O) groups excluding carboxylic acids is 1. The zero-order valence-electron chi connectivity index (χ0n) is 10.8. The lowest BCUT2D eigenvalue weighted by Gasteiger charge is -2.35. The summed E-state index contributed by atoms with van der Waals surface area (Å²) in [6.07, 6.45) is 3.29. The summed E-state index contributed by atoms with van der Waals surface area (Å²) in [7, 11) is 0. The Kier molecular flexibility index (Phi) is 3.53. The highest BCUT2D eigenvalue weighted by atomic mass is 32.1. The van der Waals surface area contributed by atoms with Gasteiger partial charge >= 0.3 is 0 Å². The van der Waals surface area contributed by atoms with Crippen LogP contribution in [0.5, 0.6) is 0 Å². The van der Waals surface area contributed by atoms with Crippen LogP contribution in [0.15, 0.2) is 29.6 Å². The Balaban J connectivity index is 1.89. The fourth-order valence-corrected chi connectivity index (χ4v) is 3.55. The van der Waals surface area contributed by atoms with Gasteiger partial charge in [0.1, 0.15) is 0 Å². The van der Waals surface area contributed by atoms with Gasteiger partial charge in [0, 0.05) is 29.4 Å². The minimum Gasteiger partial charge on any atom is -0.334 e. The van der Waals surface area contributed by atoms with Gasteiger partial charge < -0.3 is 10.6 Å². The molecular formula is C15H18N2OS. The Labute approximate surface area is 117 Å². The number of amides is 1. The summed E-state index contributed by atoms with van der Waals surface area (Å²) in [5.41, 5.74) is 6.57. The molecular weight excluding hydrogens is 256 g/mol. The van der Waals surface area contributed by atoms with Crippen molar-refractivity contribution in [2.24, 2.45) is 5.73 Å². The van der Waals surface area contributed by atoms with E-state index >= 15 is 0 Å². The fourth-order valence-electron chi connectivity index (χ4n) is 2.78. The molecule has 3 rings (SSSR count). The Hall–Kier alpha value is -1.39. The molecule has 19 heavy (non-hydrogen) atoms. The molecule has 1 fully saturated rings.